The molecule has 3 N–H and O–H groups in total. The summed E-state index contributed by atoms with van der Waals surface area (Å²) < 4.78 is 5.45. The summed E-state index contributed by atoms with van der Waals surface area (Å²) in [5.41, 5.74) is 0. The summed E-state index contributed by atoms with van der Waals surface area (Å²) in [4.78, 5) is 24.4. The Labute approximate surface area is 368 Å². The number of hydrogen-bond donors (Lipinski definition) is 3. The zero-order chi connectivity index (χ0) is 43.0. The molecule has 0 aromatic heterocycles. The van der Waals surface area contributed by atoms with Crippen LogP contribution in [0.1, 0.15) is 290 Å². The van der Waals surface area contributed by atoms with Gasteiger partial charge in [-0.3, -0.25) is 9.59 Å². The molecule has 0 aliphatic heterocycles. The van der Waals surface area contributed by atoms with Crippen LogP contribution in [0.2, 0.25) is 0 Å². The van der Waals surface area contributed by atoms with Crippen molar-refractivity contribution in [3.8, 4) is 0 Å². The van der Waals surface area contributed by atoms with Gasteiger partial charge in [-0.25, -0.2) is 0 Å². The molecule has 6 heteroatoms. The van der Waals surface area contributed by atoms with E-state index < -0.39 is 12.1 Å². The first kappa shape index (κ1) is 57.6. The third-order valence-electron chi connectivity index (χ3n) is 12.3. The van der Waals surface area contributed by atoms with Crippen LogP contribution >= 0.6 is 0 Å². The first-order chi connectivity index (χ1) is 29.0. The molecular formula is C53H103NO5. The minimum Gasteiger partial charge on any atom is -0.466 e. The molecule has 0 aliphatic rings. The highest BCUT2D eigenvalue weighted by molar-refractivity contribution is 5.76. The third kappa shape index (κ3) is 45.9. The number of allylic oxidation sites excluding steroid dienone is 2. The summed E-state index contributed by atoms with van der Waals surface area (Å²) in [6.45, 7) is 4.93. The number of amides is 1. The number of ether oxygens (including phenoxy) is 1. The van der Waals surface area contributed by atoms with Gasteiger partial charge in [0, 0.05) is 12.8 Å². The quantitative estimate of drug-likeness (QED) is 0.0322. The molecule has 6 nitrogen and oxygen atoms in total. The van der Waals surface area contributed by atoms with Gasteiger partial charge in [0.05, 0.1) is 25.4 Å². The fraction of sp³-hybridized carbons (Fsp3) is 0.925. The van der Waals surface area contributed by atoms with Gasteiger partial charge >= 0.3 is 5.97 Å². The minimum absolute atomic E-state index is 0.00367. The van der Waals surface area contributed by atoms with Crippen LogP contribution in [0.15, 0.2) is 12.2 Å². The zero-order valence-corrected chi connectivity index (χ0v) is 39.7. The highest BCUT2D eigenvalue weighted by Crippen LogP contribution is 2.16. The number of rotatable bonds is 49. The topological polar surface area (TPSA) is 95.9 Å². The van der Waals surface area contributed by atoms with Gasteiger partial charge in [0.1, 0.15) is 0 Å². The number of hydrogen-bond acceptors (Lipinski definition) is 5. The van der Waals surface area contributed by atoms with Gasteiger partial charge in [-0.1, -0.05) is 238 Å². The van der Waals surface area contributed by atoms with Gasteiger partial charge in [-0.05, 0) is 51.4 Å². The molecule has 0 aliphatic carbocycles. The molecule has 0 radical (unpaired) electrons. The van der Waals surface area contributed by atoms with E-state index in [4.69, 9.17) is 4.74 Å². The molecule has 0 bridgehead atoms. The molecule has 350 valence electrons. The van der Waals surface area contributed by atoms with Gasteiger partial charge < -0.3 is 20.3 Å². The lowest BCUT2D eigenvalue weighted by Gasteiger charge is -2.22. The maximum Gasteiger partial charge on any atom is 0.305 e. The van der Waals surface area contributed by atoms with Crippen LogP contribution in [0.4, 0.5) is 0 Å². The van der Waals surface area contributed by atoms with Crippen LogP contribution in [-0.2, 0) is 14.3 Å². The van der Waals surface area contributed by atoms with Crippen molar-refractivity contribution in [1.82, 2.24) is 5.32 Å². The minimum atomic E-state index is -0.668. The average molecular weight is 834 g/mol. The third-order valence-corrected chi connectivity index (χ3v) is 12.3. The van der Waals surface area contributed by atoms with Crippen molar-refractivity contribution in [3.05, 3.63) is 12.2 Å². The van der Waals surface area contributed by atoms with Crippen molar-refractivity contribution in [1.29, 1.82) is 0 Å². The van der Waals surface area contributed by atoms with Crippen molar-refractivity contribution >= 4 is 11.9 Å². The lowest BCUT2D eigenvalue weighted by Crippen LogP contribution is -2.45. The van der Waals surface area contributed by atoms with E-state index in [1.807, 2.05) is 0 Å². The van der Waals surface area contributed by atoms with E-state index in [-0.39, 0.29) is 18.5 Å². The SMILES string of the molecule is CCCCCCCCCCCCCCC(O)C(CO)NC(=O)CCCCCCCCC/C=C\CCCCCCCCCCOC(=O)CCCCCCCCCCCCC. The largest absolute Gasteiger partial charge is 0.466 e. The molecule has 2 unspecified atom stereocenters. The second-order valence-corrected chi connectivity index (χ2v) is 18.2. The average Bonchev–Trinajstić information content (AvgIpc) is 3.24. The Morgan fingerprint density at radius 1 is 0.458 bits per heavy atom. The Kier molecular flexibility index (Phi) is 48.1. The number of aliphatic hydroxyl groups is 2. The molecule has 0 heterocycles. The van der Waals surface area contributed by atoms with Crippen molar-refractivity contribution < 1.29 is 24.5 Å². The maximum absolute atomic E-state index is 12.4. The standard InChI is InChI=1S/C53H103NO5/c1-3-5-7-9-11-13-15-26-29-33-37-41-45-51(56)50(49-55)54-52(57)46-42-38-34-30-27-23-21-19-17-16-18-20-22-24-28-32-36-40-44-48-59-53(58)47-43-39-35-31-25-14-12-10-8-6-4-2/h16-17,50-51,55-56H,3-15,18-49H2,1-2H3,(H,54,57)/b17-16-. The molecule has 0 saturated heterocycles. The summed E-state index contributed by atoms with van der Waals surface area (Å²) >= 11 is 0. The molecule has 0 aromatic rings. The second kappa shape index (κ2) is 49.3. The summed E-state index contributed by atoms with van der Waals surface area (Å²) in [6.07, 6.45) is 56.1. The van der Waals surface area contributed by atoms with Gasteiger partial charge in [0.25, 0.3) is 0 Å². The fourth-order valence-corrected chi connectivity index (χ4v) is 8.22. The predicted octanol–water partition coefficient (Wildman–Crippen LogP) is 15.7. The van der Waals surface area contributed by atoms with E-state index in [9.17, 15) is 19.8 Å². The number of carbonyl (C=O) groups is 2. The summed E-state index contributed by atoms with van der Waals surface area (Å²) in [6, 6.07) is -0.546. The van der Waals surface area contributed by atoms with E-state index in [2.05, 4.69) is 31.3 Å². The smallest absolute Gasteiger partial charge is 0.305 e. The number of aliphatic hydroxyl groups excluding tert-OH is 2. The van der Waals surface area contributed by atoms with E-state index in [0.717, 1.165) is 44.9 Å². The maximum atomic E-state index is 12.4. The van der Waals surface area contributed by atoms with E-state index in [1.165, 1.54) is 212 Å². The molecule has 0 rings (SSSR count). The monoisotopic (exact) mass is 834 g/mol. The molecule has 1 amide bonds. The van der Waals surface area contributed by atoms with Crippen LogP contribution in [0, 0.1) is 0 Å². The Morgan fingerprint density at radius 2 is 0.797 bits per heavy atom. The van der Waals surface area contributed by atoms with Crippen molar-refractivity contribution in [3.63, 3.8) is 0 Å². The van der Waals surface area contributed by atoms with E-state index in [1.54, 1.807) is 0 Å². The van der Waals surface area contributed by atoms with E-state index >= 15 is 0 Å². The van der Waals surface area contributed by atoms with E-state index in [0.29, 0.717) is 25.9 Å². The van der Waals surface area contributed by atoms with Crippen molar-refractivity contribution in [2.45, 2.75) is 302 Å². The van der Waals surface area contributed by atoms with Crippen molar-refractivity contribution in [2.75, 3.05) is 13.2 Å². The Morgan fingerprint density at radius 3 is 1.20 bits per heavy atom. The Balaban J connectivity index is 3.43. The van der Waals surface area contributed by atoms with Gasteiger partial charge in [-0.2, -0.15) is 0 Å². The number of esters is 1. The van der Waals surface area contributed by atoms with Crippen molar-refractivity contribution in [2.24, 2.45) is 0 Å². The lowest BCUT2D eigenvalue weighted by atomic mass is 10.0. The lowest BCUT2D eigenvalue weighted by molar-refractivity contribution is -0.143. The molecule has 0 spiro atoms. The predicted molar refractivity (Wildman–Crippen MR) is 255 cm³/mol. The fourth-order valence-electron chi connectivity index (χ4n) is 8.22. The molecule has 0 fully saturated rings. The normalized spacial score (nSPS) is 12.7. The highest BCUT2D eigenvalue weighted by atomic mass is 16.5. The van der Waals surface area contributed by atoms with Gasteiger partial charge in [0.2, 0.25) is 5.91 Å². The molecule has 0 saturated carbocycles. The number of unbranched alkanes of at least 4 members (excludes halogenated alkanes) is 36. The Hall–Kier alpha value is -1.40. The molecule has 2 atom stereocenters. The van der Waals surface area contributed by atoms with Crippen LogP contribution in [0.5, 0.6) is 0 Å². The summed E-state index contributed by atoms with van der Waals surface area (Å²) in [5, 5.41) is 23.2. The molecular weight excluding hydrogens is 731 g/mol. The van der Waals surface area contributed by atoms with Gasteiger partial charge in [-0.15, -0.1) is 0 Å². The highest BCUT2D eigenvalue weighted by Gasteiger charge is 2.20. The van der Waals surface area contributed by atoms with Crippen LogP contribution in [0.25, 0.3) is 0 Å². The van der Waals surface area contributed by atoms with Crippen LogP contribution in [-0.4, -0.2) is 47.4 Å². The molecule has 0 aromatic carbocycles. The Bertz CT molecular complexity index is 878. The van der Waals surface area contributed by atoms with Crippen LogP contribution < -0.4 is 5.32 Å². The first-order valence-corrected chi connectivity index (χ1v) is 26.4. The summed E-state index contributed by atoms with van der Waals surface area (Å²) in [5.74, 6) is -0.0409. The van der Waals surface area contributed by atoms with Gasteiger partial charge in [0.15, 0.2) is 0 Å². The number of carbonyl (C=O) groups excluding carboxylic acids is 2. The van der Waals surface area contributed by atoms with Crippen LogP contribution in [0.3, 0.4) is 0 Å². The number of nitrogens with one attached hydrogen (secondary N) is 1. The second-order valence-electron chi connectivity index (χ2n) is 18.2. The zero-order valence-electron chi connectivity index (χ0n) is 39.7. The summed E-state index contributed by atoms with van der Waals surface area (Å²) in [7, 11) is 0. The first-order valence-electron chi connectivity index (χ1n) is 26.4. The molecule has 59 heavy (non-hydrogen) atoms.